The molecule has 1 aromatic rings. The third-order valence-electron chi connectivity index (χ3n) is 3.43. The molecule has 2 saturated carbocycles. The van der Waals surface area contributed by atoms with Crippen molar-refractivity contribution in [2.45, 2.75) is 38.3 Å². The zero-order valence-electron chi connectivity index (χ0n) is 9.47. The highest BCUT2D eigenvalue weighted by atomic mass is 16.3. The zero-order valence-corrected chi connectivity index (χ0v) is 9.47. The van der Waals surface area contributed by atoms with Crippen LogP contribution >= 0.6 is 0 Å². The number of hydrogen-bond acceptors (Lipinski definition) is 3. The van der Waals surface area contributed by atoms with E-state index < -0.39 is 0 Å². The fourth-order valence-electron chi connectivity index (χ4n) is 2.11. The summed E-state index contributed by atoms with van der Waals surface area (Å²) in [5.74, 6) is 1.95. The number of aliphatic hydroxyl groups is 1. The summed E-state index contributed by atoms with van der Waals surface area (Å²) in [4.78, 5) is 6.89. The minimum atomic E-state index is 0.109. The summed E-state index contributed by atoms with van der Waals surface area (Å²) < 4.78 is 0. The zero-order chi connectivity index (χ0) is 11.0. The molecule has 0 spiro atoms. The standard InChI is InChI=1S/C13H18N2O/c16-9-11-5-6-14-13(7-11)15(12-3-4-12)8-10-1-2-10/h5-7,10,12,16H,1-4,8-9H2. The normalized spacial score (nSPS) is 19.8. The average molecular weight is 218 g/mol. The molecule has 2 aliphatic carbocycles. The van der Waals surface area contributed by atoms with E-state index >= 15 is 0 Å². The minimum absolute atomic E-state index is 0.109. The SMILES string of the molecule is OCc1ccnc(N(CC2CC2)C2CC2)c1. The van der Waals surface area contributed by atoms with Gasteiger partial charge in [0.15, 0.2) is 0 Å². The number of rotatable bonds is 5. The Kier molecular flexibility index (Phi) is 2.56. The highest BCUT2D eigenvalue weighted by Gasteiger charge is 2.34. The number of pyridine rings is 1. The van der Waals surface area contributed by atoms with Gasteiger partial charge >= 0.3 is 0 Å². The maximum atomic E-state index is 9.15. The Hall–Kier alpha value is -1.09. The van der Waals surface area contributed by atoms with E-state index in [9.17, 15) is 0 Å². The highest BCUT2D eigenvalue weighted by molar-refractivity contribution is 5.43. The summed E-state index contributed by atoms with van der Waals surface area (Å²) in [6.07, 6.45) is 7.17. The predicted molar refractivity (Wildman–Crippen MR) is 63.3 cm³/mol. The molecule has 0 aliphatic heterocycles. The molecule has 0 radical (unpaired) electrons. The van der Waals surface area contributed by atoms with Gasteiger partial charge in [-0.15, -0.1) is 0 Å². The van der Waals surface area contributed by atoms with E-state index in [1.54, 1.807) is 0 Å². The van der Waals surface area contributed by atoms with Gasteiger partial charge in [-0.3, -0.25) is 0 Å². The summed E-state index contributed by atoms with van der Waals surface area (Å²) in [6, 6.07) is 4.62. The van der Waals surface area contributed by atoms with Gasteiger partial charge in [-0.2, -0.15) is 0 Å². The van der Waals surface area contributed by atoms with Gasteiger partial charge in [0.05, 0.1) is 6.61 Å². The average Bonchev–Trinajstić information content (AvgIpc) is 3.16. The van der Waals surface area contributed by atoms with Gasteiger partial charge in [-0.05, 0) is 49.3 Å². The van der Waals surface area contributed by atoms with Crippen LogP contribution in [-0.2, 0) is 6.61 Å². The van der Waals surface area contributed by atoms with Crippen molar-refractivity contribution in [2.75, 3.05) is 11.4 Å². The van der Waals surface area contributed by atoms with Gasteiger partial charge in [0.25, 0.3) is 0 Å². The van der Waals surface area contributed by atoms with Gasteiger partial charge < -0.3 is 10.0 Å². The Morgan fingerprint density at radius 1 is 1.31 bits per heavy atom. The molecule has 1 N–H and O–H groups in total. The van der Waals surface area contributed by atoms with Crippen LogP contribution in [-0.4, -0.2) is 22.7 Å². The van der Waals surface area contributed by atoms with Crippen LogP contribution in [0.4, 0.5) is 5.82 Å². The number of nitrogens with zero attached hydrogens (tertiary/aromatic N) is 2. The second-order valence-corrected chi connectivity index (χ2v) is 5.01. The van der Waals surface area contributed by atoms with Crippen LogP contribution in [0, 0.1) is 5.92 Å². The van der Waals surface area contributed by atoms with Crippen LogP contribution < -0.4 is 4.90 Å². The van der Waals surface area contributed by atoms with Gasteiger partial charge in [0, 0.05) is 18.8 Å². The van der Waals surface area contributed by atoms with Gasteiger partial charge in [-0.25, -0.2) is 4.98 Å². The minimum Gasteiger partial charge on any atom is -0.392 e. The Balaban J connectivity index is 1.79. The molecule has 3 heteroatoms. The van der Waals surface area contributed by atoms with E-state index in [0.717, 1.165) is 23.8 Å². The van der Waals surface area contributed by atoms with Gasteiger partial charge in [0.1, 0.15) is 5.82 Å². The monoisotopic (exact) mass is 218 g/mol. The maximum absolute atomic E-state index is 9.15. The summed E-state index contributed by atoms with van der Waals surface area (Å²) >= 11 is 0. The Labute approximate surface area is 96.1 Å². The van der Waals surface area contributed by atoms with Crippen LogP contribution in [0.2, 0.25) is 0 Å². The van der Waals surface area contributed by atoms with Crippen LogP contribution in [0.25, 0.3) is 0 Å². The van der Waals surface area contributed by atoms with E-state index in [1.165, 1.54) is 25.7 Å². The number of hydrogen-bond donors (Lipinski definition) is 1. The molecule has 86 valence electrons. The van der Waals surface area contributed by atoms with Crippen molar-refractivity contribution in [3.8, 4) is 0 Å². The lowest BCUT2D eigenvalue weighted by Crippen LogP contribution is -2.28. The first-order chi connectivity index (χ1) is 7.86. The summed E-state index contributed by atoms with van der Waals surface area (Å²) in [5, 5.41) is 9.15. The van der Waals surface area contributed by atoms with Crippen molar-refractivity contribution in [3.05, 3.63) is 23.9 Å². The molecule has 0 amide bonds. The van der Waals surface area contributed by atoms with Crippen molar-refractivity contribution in [2.24, 2.45) is 5.92 Å². The van der Waals surface area contributed by atoms with Crippen molar-refractivity contribution < 1.29 is 5.11 Å². The molecule has 16 heavy (non-hydrogen) atoms. The molecule has 0 aromatic carbocycles. The van der Waals surface area contributed by atoms with Crippen LogP contribution in [0.15, 0.2) is 18.3 Å². The lowest BCUT2D eigenvalue weighted by Gasteiger charge is -2.23. The third kappa shape index (κ3) is 2.19. The van der Waals surface area contributed by atoms with Crippen molar-refractivity contribution in [1.82, 2.24) is 4.98 Å². The first-order valence-corrected chi connectivity index (χ1v) is 6.19. The Morgan fingerprint density at radius 2 is 2.12 bits per heavy atom. The van der Waals surface area contributed by atoms with Crippen LogP contribution in [0.1, 0.15) is 31.2 Å². The summed E-state index contributed by atoms with van der Waals surface area (Å²) in [7, 11) is 0. The fraction of sp³-hybridized carbons (Fsp3) is 0.615. The topological polar surface area (TPSA) is 36.4 Å². The summed E-state index contributed by atoms with van der Waals surface area (Å²) in [6.45, 7) is 1.27. The molecule has 2 aliphatic rings. The molecule has 1 heterocycles. The van der Waals surface area contributed by atoms with E-state index in [2.05, 4.69) is 9.88 Å². The van der Waals surface area contributed by atoms with Crippen molar-refractivity contribution in [1.29, 1.82) is 0 Å². The lowest BCUT2D eigenvalue weighted by atomic mass is 10.2. The molecular weight excluding hydrogens is 200 g/mol. The third-order valence-corrected chi connectivity index (χ3v) is 3.43. The number of anilines is 1. The molecule has 3 nitrogen and oxygen atoms in total. The quantitative estimate of drug-likeness (QED) is 0.820. The van der Waals surface area contributed by atoms with E-state index in [4.69, 9.17) is 5.11 Å². The Morgan fingerprint density at radius 3 is 2.75 bits per heavy atom. The summed E-state index contributed by atoms with van der Waals surface area (Å²) in [5.41, 5.74) is 0.964. The fourth-order valence-corrected chi connectivity index (χ4v) is 2.11. The van der Waals surface area contributed by atoms with Gasteiger partial charge in [0.2, 0.25) is 0 Å². The molecule has 0 saturated heterocycles. The second kappa shape index (κ2) is 4.06. The predicted octanol–water partition coefficient (Wildman–Crippen LogP) is 1.95. The molecule has 0 atom stereocenters. The van der Waals surface area contributed by atoms with Crippen molar-refractivity contribution in [3.63, 3.8) is 0 Å². The molecule has 0 unspecified atom stereocenters. The van der Waals surface area contributed by atoms with Crippen LogP contribution in [0.3, 0.4) is 0 Å². The van der Waals surface area contributed by atoms with E-state index in [1.807, 2.05) is 18.3 Å². The van der Waals surface area contributed by atoms with E-state index in [-0.39, 0.29) is 6.61 Å². The smallest absolute Gasteiger partial charge is 0.129 e. The largest absolute Gasteiger partial charge is 0.392 e. The van der Waals surface area contributed by atoms with Crippen LogP contribution in [0.5, 0.6) is 0 Å². The molecule has 1 aromatic heterocycles. The highest BCUT2D eigenvalue weighted by Crippen LogP contribution is 2.37. The molecule has 0 bridgehead atoms. The number of aliphatic hydroxyl groups excluding tert-OH is 1. The first kappa shape index (κ1) is 10.1. The van der Waals surface area contributed by atoms with Crippen molar-refractivity contribution >= 4 is 5.82 Å². The van der Waals surface area contributed by atoms with E-state index in [0.29, 0.717) is 6.04 Å². The molecule has 2 fully saturated rings. The molecule has 3 rings (SSSR count). The second-order valence-electron chi connectivity index (χ2n) is 5.01. The first-order valence-electron chi connectivity index (χ1n) is 6.19. The molecular formula is C13H18N2O. The maximum Gasteiger partial charge on any atom is 0.129 e. The lowest BCUT2D eigenvalue weighted by molar-refractivity contribution is 0.281. The van der Waals surface area contributed by atoms with Gasteiger partial charge in [-0.1, -0.05) is 0 Å². The number of aromatic nitrogens is 1. The Bertz CT molecular complexity index is 372.